The number of rotatable bonds is 5. The van der Waals surface area contributed by atoms with Gasteiger partial charge in [-0.2, -0.15) is 0 Å². The van der Waals surface area contributed by atoms with Gasteiger partial charge in [-0.25, -0.2) is 0 Å². The first kappa shape index (κ1) is 13.9. The molecule has 2 aromatic rings. The third-order valence-electron chi connectivity index (χ3n) is 3.12. The van der Waals surface area contributed by atoms with E-state index in [9.17, 15) is 4.79 Å². The Balaban J connectivity index is 2.16. The minimum Gasteiger partial charge on any atom is -0.497 e. The lowest BCUT2D eigenvalue weighted by Gasteiger charge is -2.16. The van der Waals surface area contributed by atoms with Crippen LogP contribution in [0.15, 0.2) is 48.5 Å². The summed E-state index contributed by atoms with van der Waals surface area (Å²) in [5, 5.41) is 3.34. The third kappa shape index (κ3) is 3.29. The molecule has 1 atom stereocenters. The molecule has 1 amide bonds. The highest BCUT2D eigenvalue weighted by Crippen LogP contribution is 2.23. The third-order valence-corrected chi connectivity index (χ3v) is 3.12. The van der Waals surface area contributed by atoms with E-state index in [0.717, 1.165) is 17.0 Å². The Morgan fingerprint density at radius 3 is 2.65 bits per heavy atom. The molecule has 20 heavy (non-hydrogen) atoms. The fourth-order valence-electron chi connectivity index (χ4n) is 2.01. The standard InChI is InChI=1S/C16H18N2O2/c1-11(12-5-4-8-15(10-12)20-2)18-14-7-3-6-13(9-14)16(17)19/h3-11,18H,1-2H3,(H2,17,19). The highest BCUT2D eigenvalue weighted by Gasteiger charge is 2.07. The molecule has 0 aliphatic heterocycles. The van der Waals surface area contributed by atoms with Crippen LogP contribution in [0.25, 0.3) is 0 Å². The predicted molar refractivity (Wildman–Crippen MR) is 80.0 cm³/mol. The minimum absolute atomic E-state index is 0.0910. The second kappa shape index (κ2) is 6.10. The largest absolute Gasteiger partial charge is 0.497 e. The topological polar surface area (TPSA) is 64.3 Å². The van der Waals surface area contributed by atoms with Crippen molar-refractivity contribution in [1.29, 1.82) is 0 Å². The Hall–Kier alpha value is -2.49. The second-order valence-electron chi connectivity index (χ2n) is 4.59. The van der Waals surface area contributed by atoms with E-state index >= 15 is 0 Å². The SMILES string of the molecule is COc1cccc(C(C)Nc2cccc(C(N)=O)c2)c1. The number of anilines is 1. The van der Waals surface area contributed by atoms with Crippen LogP contribution in [-0.2, 0) is 0 Å². The summed E-state index contributed by atoms with van der Waals surface area (Å²) < 4.78 is 5.22. The van der Waals surface area contributed by atoms with Crippen molar-refractivity contribution in [3.05, 3.63) is 59.7 Å². The molecule has 2 aromatic carbocycles. The number of carbonyl (C=O) groups is 1. The van der Waals surface area contributed by atoms with Crippen LogP contribution in [0, 0.1) is 0 Å². The molecule has 0 radical (unpaired) electrons. The molecule has 0 heterocycles. The number of nitrogens with two attached hydrogens (primary N) is 1. The van der Waals surface area contributed by atoms with Crippen LogP contribution in [0.5, 0.6) is 5.75 Å². The molecule has 1 unspecified atom stereocenters. The lowest BCUT2D eigenvalue weighted by atomic mass is 10.1. The summed E-state index contributed by atoms with van der Waals surface area (Å²) in [6, 6.07) is 15.1. The van der Waals surface area contributed by atoms with E-state index in [1.165, 1.54) is 0 Å². The molecular formula is C16H18N2O2. The summed E-state index contributed by atoms with van der Waals surface area (Å²) in [6.45, 7) is 2.05. The predicted octanol–water partition coefficient (Wildman–Crippen LogP) is 2.97. The van der Waals surface area contributed by atoms with E-state index in [0.29, 0.717) is 5.56 Å². The molecule has 0 saturated carbocycles. The van der Waals surface area contributed by atoms with Crippen molar-refractivity contribution >= 4 is 11.6 Å². The number of methoxy groups -OCH3 is 1. The van der Waals surface area contributed by atoms with Crippen LogP contribution < -0.4 is 15.8 Å². The van der Waals surface area contributed by atoms with Crippen molar-refractivity contribution in [1.82, 2.24) is 0 Å². The molecule has 4 heteroatoms. The Labute approximate surface area is 118 Å². The minimum atomic E-state index is -0.428. The van der Waals surface area contributed by atoms with E-state index in [-0.39, 0.29) is 6.04 Å². The van der Waals surface area contributed by atoms with Gasteiger partial charge in [0.15, 0.2) is 0 Å². The molecule has 0 saturated heterocycles. The summed E-state index contributed by atoms with van der Waals surface area (Å²) in [5.41, 5.74) is 7.74. The molecule has 2 rings (SSSR count). The van der Waals surface area contributed by atoms with Crippen molar-refractivity contribution in [2.24, 2.45) is 5.73 Å². The van der Waals surface area contributed by atoms with Gasteiger partial charge in [-0.3, -0.25) is 4.79 Å². The summed E-state index contributed by atoms with van der Waals surface area (Å²) >= 11 is 0. The van der Waals surface area contributed by atoms with Crippen LogP contribution in [0.1, 0.15) is 28.9 Å². The summed E-state index contributed by atoms with van der Waals surface area (Å²) in [5.74, 6) is 0.393. The first-order valence-corrected chi connectivity index (χ1v) is 6.40. The number of ether oxygens (including phenoxy) is 1. The van der Waals surface area contributed by atoms with Gasteiger partial charge >= 0.3 is 0 Å². The van der Waals surface area contributed by atoms with Crippen LogP contribution in [0.2, 0.25) is 0 Å². The number of amides is 1. The maximum atomic E-state index is 11.2. The number of carbonyl (C=O) groups excluding carboxylic acids is 1. The van der Waals surface area contributed by atoms with Crippen molar-refractivity contribution in [3.8, 4) is 5.75 Å². The first-order valence-electron chi connectivity index (χ1n) is 6.40. The molecule has 0 aliphatic rings. The van der Waals surface area contributed by atoms with Gasteiger partial charge < -0.3 is 15.8 Å². The van der Waals surface area contributed by atoms with Crippen LogP contribution in [0.3, 0.4) is 0 Å². The molecule has 0 aliphatic carbocycles. The monoisotopic (exact) mass is 270 g/mol. The van der Waals surface area contributed by atoms with Gasteiger partial charge in [0, 0.05) is 17.3 Å². The molecule has 3 N–H and O–H groups in total. The maximum Gasteiger partial charge on any atom is 0.248 e. The number of benzene rings is 2. The van der Waals surface area contributed by atoms with E-state index in [1.807, 2.05) is 37.3 Å². The zero-order valence-corrected chi connectivity index (χ0v) is 11.6. The molecule has 0 bridgehead atoms. The lowest BCUT2D eigenvalue weighted by Crippen LogP contribution is -2.12. The fourth-order valence-corrected chi connectivity index (χ4v) is 2.01. The number of hydrogen-bond donors (Lipinski definition) is 2. The van der Waals surface area contributed by atoms with E-state index in [4.69, 9.17) is 10.5 Å². The Kier molecular flexibility index (Phi) is 4.25. The summed E-state index contributed by atoms with van der Waals surface area (Å²) in [7, 11) is 1.65. The molecule has 4 nitrogen and oxygen atoms in total. The fraction of sp³-hybridized carbons (Fsp3) is 0.188. The van der Waals surface area contributed by atoms with Crippen LogP contribution in [0.4, 0.5) is 5.69 Å². The van der Waals surface area contributed by atoms with Gasteiger partial charge in [0.1, 0.15) is 5.75 Å². The van der Waals surface area contributed by atoms with Crippen molar-refractivity contribution in [2.45, 2.75) is 13.0 Å². The van der Waals surface area contributed by atoms with Crippen LogP contribution in [-0.4, -0.2) is 13.0 Å². The average molecular weight is 270 g/mol. The van der Waals surface area contributed by atoms with Crippen LogP contribution >= 0.6 is 0 Å². The van der Waals surface area contributed by atoms with Gasteiger partial charge in [-0.05, 0) is 42.8 Å². The average Bonchev–Trinajstić information content (AvgIpc) is 2.47. The van der Waals surface area contributed by atoms with Gasteiger partial charge in [0.05, 0.1) is 7.11 Å². The number of nitrogens with one attached hydrogen (secondary N) is 1. The summed E-state index contributed by atoms with van der Waals surface area (Å²) in [6.07, 6.45) is 0. The quantitative estimate of drug-likeness (QED) is 0.878. The molecule has 0 aromatic heterocycles. The maximum absolute atomic E-state index is 11.2. The highest BCUT2D eigenvalue weighted by atomic mass is 16.5. The van der Waals surface area contributed by atoms with Crippen molar-refractivity contribution in [2.75, 3.05) is 12.4 Å². The Bertz CT molecular complexity index is 611. The number of primary amides is 1. The molecular weight excluding hydrogens is 252 g/mol. The van der Waals surface area contributed by atoms with Gasteiger partial charge in [-0.1, -0.05) is 18.2 Å². The van der Waals surface area contributed by atoms with Gasteiger partial charge in [0.2, 0.25) is 5.91 Å². The van der Waals surface area contributed by atoms with E-state index < -0.39 is 5.91 Å². The Morgan fingerprint density at radius 1 is 1.20 bits per heavy atom. The second-order valence-corrected chi connectivity index (χ2v) is 4.59. The first-order chi connectivity index (χ1) is 9.60. The van der Waals surface area contributed by atoms with E-state index in [2.05, 4.69) is 5.32 Å². The zero-order valence-electron chi connectivity index (χ0n) is 11.6. The molecule has 0 fully saturated rings. The van der Waals surface area contributed by atoms with Gasteiger partial charge in [-0.15, -0.1) is 0 Å². The van der Waals surface area contributed by atoms with Crippen molar-refractivity contribution in [3.63, 3.8) is 0 Å². The highest BCUT2D eigenvalue weighted by molar-refractivity contribution is 5.93. The summed E-state index contributed by atoms with van der Waals surface area (Å²) in [4.78, 5) is 11.2. The molecule has 0 spiro atoms. The zero-order chi connectivity index (χ0) is 14.5. The lowest BCUT2D eigenvalue weighted by molar-refractivity contribution is 0.100. The smallest absolute Gasteiger partial charge is 0.248 e. The normalized spacial score (nSPS) is 11.7. The molecule has 104 valence electrons. The Morgan fingerprint density at radius 2 is 1.95 bits per heavy atom. The van der Waals surface area contributed by atoms with Crippen molar-refractivity contribution < 1.29 is 9.53 Å². The van der Waals surface area contributed by atoms with E-state index in [1.54, 1.807) is 25.3 Å². The van der Waals surface area contributed by atoms with Gasteiger partial charge in [0.25, 0.3) is 0 Å². The number of hydrogen-bond acceptors (Lipinski definition) is 3.